The van der Waals surface area contributed by atoms with Gasteiger partial charge in [-0.3, -0.25) is 0 Å². The lowest BCUT2D eigenvalue weighted by molar-refractivity contribution is 0.0294. The summed E-state index contributed by atoms with van der Waals surface area (Å²) in [6.45, 7) is 11.7. The van der Waals surface area contributed by atoms with E-state index in [2.05, 4.69) is 32.7 Å². The predicted molar refractivity (Wildman–Crippen MR) is 58.0 cm³/mol. The fourth-order valence-electron chi connectivity index (χ4n) is 2.29. The Morgan fingerprint density at radius 3 is 2.50 bits per heavy atom. The van der Waals surface area contributed by atoms with Crippen molar-refractivity contribution in [3.63, 3.8) is 0 Å². The summed E-state index contributed by atoms with van der Waals surface area (Å²) in [6, 6.07) is 0.486. The van der Waals surface area contributed by atoms with Crippen molar-refractivity contribution < 1.29 is 4.74 Å². The van der Waals surface area contributed by atoms with E-state index < -0.39 is 0 Å². The summed E-state index contributed by atoms with van der Waals surface area (Å²) in [5.74, 6) is 1.45. The van der Waals surface area contributed by atoms with Crippen molar-refractivity contribution in [2.45, 2.75) is 45.3 Å². The molecule has 2 heterocycles. The van der Waals surface area contributed by atoms with E-state index in [1.54, 1.807) is 0 Å². The van der Waals surface area contributed by atoms with Crippen LogP contribution < -0.4 is 5.32 Å². The van der Waals surface area contributed by atoms with E-state index >= 15 is 0 Å². The smallest absolute Gasteiger partial charge is 0.108 e. The second-order valence-corrected chi connectivity index (χ2v) is 5.24. The molecule has 0 radical (unpaired) electrons. The van der Waals surface area contributed by atoms with E-state index in [1.165, 1.54) is 12.8 Å². The second kappa shape index (κ2) is 3.27. The normalized spacial score (nSPS) is 36.7. The van der Waals surface area contributed by atoms with Gasteiger partial charge in [0.2, 0.25) is 0 Å². The van der Waals surface area contributed by atoms with Crippen LogP contribution in [0, 0.1) is 11.8 Å². The summed E-state index contributed by atoms with van der Waals surface area (Å²) in [4.78, 5) is 0. The monoisotopic (exact) mass is 195 g/mol. The molecule has 2 saturated heterocycles. The van der Waals surface area contributed by atoms with Crippen molar-refractivity contribution in [2.24, 2.45) is 11.8 Å². The van der Waals surface area contributed by atoms with Gasteiger partial charge in [-0.1, -0.05) is 20.4 Å². The van der Waals surface area contributed by atoms with Crippen molar-refractivity contribution >= 4 is 0 Å². The number of ether oxygens (including phenoxy) is 1. The molecule has 2 heteroatoms. The third-order valence-corrected chi connectivity index (χ3v) is 3.78. The number of hydrogen-bond acceptors (Lipinski definition) is 2. The van der Waals surface area contributed by atoms with Crippen molar-refractivity contribution in [2.75, 3.05) is 6.61 Å². The Balaban J connectivity index is 1.90. The van der Waals surface area contributed by atoms with E-state index in [0.717, 1.165) is 18.2 Å². The fraction of sp³-hybridized carbons (Fsp3) is 0.833. The van der Waals surface area contributed by atoms with Crippen LogP contribution in [0.5, 0.6) is 0 Å². The van der Waals surface area contributed by atoms with Crippen molar-refractivity contribution in [1.29, 1.82) is 0 Å². The molecule has 1 N–H and O–H groups in total. The first-order valence-electron chi connectivity index (χ1n) is 5.63. The molecule has 1 aliphatic carbocycles. The summed E-state index contributed by atoms with van der Waals surface area (Å²) >= 11 is 0. The van der Waals surface area contributed by atoms with Crippen LogP contribution in [0.15, 0.2) is 12.3 Å². The molecule has 80 valence electrons. The van der Waals surface area contributed by atoms with Crippen LogP contribution in [0.2, 0.25) is 0 Å². The van der Waals surface area contributed by atoms with Gasteiger partial charge in [0.15, 0.2) is 0 Å². The zero-order valence-electron chi connectivity index (χ0n) is 9.47. The van der Waals surface area contributed by atoms with Crippen LogP contribution in [0.4, 0.5) is 0 Å². The van der Waals surface area contributed by atoms with Gasteiger partial charge in [0.05, 0.1) is 6.61 Å². The Hall–Kier alpha value is -0.500. The fourth-order valence-corrected chi connectivity index (χ4v) is 2.29. The highest BCUT2D eigenvalue weighted by atomic mass is 16.5. The summed E-state index contributed by atoms with van der Waals surface area (Å²) in [5.41, 5.74) is 1.11. The first-order chi connectivity index (χ1) is 6.53. The van der Waals surface area contributed by atoms with Gasteiger partial charge >= 0.3 is 0 Å². The Morgan fingerprint density at radius 1 is 1.43 bits per heavy atom. The van der Waals surface area contributed by atoms with Gasteiger partial charge in [-0.25, -0.2) is 0 Å². The zero-order valence-corrected chi connectivity index (χ0v) is 9.47. The lowest BCUT2D eigenvalue weighted by Crippen LogP contribution is -2.46. The molecule has 2 bridgehead atoms. The molecule has 0 aromatic rings. The van der Waals surface area contributed by atoms with Gasteiger partial charge in [-0.2, -0.15) is 0 Å². The maximum atomic E-state index is 5.79. The van der Waals surface area contributed by atoms with Gasteiger partial charge in [-0.15, -0.1) is 0 Å². The molecule has 2 nitrogen and oxygen atoms in total. The predicted octanol–water partition coefficient (Wildman–Crippen LogP) is 2.31. The Morgan fingerprint density at radius 2 is 2.07 bits per heavy atom. The SMILES string of the molecule is C=C(N[C@H](C)C(C)C)C12CC(CO1)C2. The first-order valence-corrected chi connectivity index (χ1v) is 5.63. The standard InChI is InChI=1S/C12H21NO/c1-8(2)9(3)13-10(4)12-5-11(6-12)7-14-12/h8-9,11,13H,4-7H2,1-3H3/t9-,11?,12?/m1/s1. The lowest BCUT2D eigenvalue weighted by atomic mass is 9.73. The number of rotatable bonds is 4. The maximum Gasteiger partial charge on any atom is 0.108 e. The molecular weight excluding hydrogens is 174 g/mol. The average molecular weight is 195 g/mol. The van der Waals surface area contributed by atoms with Crippen molar-refractivity contribution in [3.05, 3.63) is 12.3 Å². The Bertz CT molecular complexity index is 235. The Labute approximate surface area is 86.7 Å². The van der Waals surface area contributed by atoms with Gasteiger partial charge in [0, 0.05) is 11.7 Å². The average Bonchev–Trinajstić information content (AvgIpc) is 2.60. The molecular formula is C12H21NO. The minimum absolute atomic E-state index is 0.00775. The van der Waals surface area contributed by atoms with Gasteiger partial charge in [0.25, 0.3) is 0 Å². The first kappa shape index (κ1) is 10.0. The molecule has 0 aromatic heterocycles. The van der Waals surface area contributed by atoms with E-state index in [1.807, 2.05) is 0 Å². The second-order valence-electron chi connectivity index (χ2n) is 5.24. The molecule has 0 spiro atoms. The molecule has 14 heavy (non-hydrogen) atoms. The van der Waals surface area contributed by atoms with E-state index in [4.69, 9.17) is 4.74 Å². The van der Waals surface area contributed by atoms with Crippen LogP contribution >= 0.6 is 0 Å². The topological polar surface area (TPSA) is 21.3 Å². The largest absolute Gasteiger partial charge is 0.384 e. The minimum Gasteiger partial charge on any atom is -0.384 e. The van der Waals surface area contributed by atoms with Gasteiger partial charge < -0.3 is 10.1 Å². The molecule has 2 aliphatic heterocycles. The summed E-state index contributed by atoms with van der Waals surface area (Å²) in [6.07, 6.45) is 2.37. The van der Waals surface area contributed by atoms with E-state index in [9.17, 15) is 0 Å². The summed E-state index contributed by atoms with van der Waals surface area (Å²) < 4.78 is 5.79. The van der Waals surface area contributed by atoms with Crippen LogP contribution in [0.3, 0.4) is 0 Å². The van der Waals surface area contributed by atoms with E-state index in [0.29, 0.717) is 12.0 Å². The van der Waals surface area contributed by atoms with Crippen LogP contribution in [0.25, 0.3) is 0 Å². The minimum atomic E-state index is 0.00775. The zero-order chi connectivity index (χ0) is 10.3. The van der Waals surface area contributed by atoms with Crippen molar-refractivity contribution in [1.82, 2.24) is 5.32 Å². The highest BCUT2D eigenvalue weighted by molar-refractivity contribution is 5.21. The molecule has 3 fully saturated rings. The molecule has 1 saturated carbocycles. The quantitative estimate of drug-likeness (QED) is 0.743. The Kier molecular flexibility index (Phi) is 2.34. The molecule has 0 amide bonds. The third kappa shape index (κ3) is 1.46. The molecule has 0 aromatic carbocycles. The highest BCUT2D eigenvalue weighted by Crippen LogP contribution is 2.51. The van der Waals surface area contributed by atoms with Gasteiger partial charge in [-0.05, 0) is 31.6 Å². The number of fused-ring (bicyclic) bond motifs is 1. The van der Waals surface area contributed by atoms with Gasteiger partial charge in [0.1, 0.15) is 5.60 Å². The van der Waals surface area contributed by atoms with Crippen molar-refractivity contribution in [3.8, 4) is 0 Å². The molecule has 3 aliphatic rings. The molecule has 1 atom stereocenters. The van der Waals surface area contributed by atoms with Crippen LogP contribution in [-0.2, 0) is 4.74 Å². The van der Waals surface area contributed by atoms with Crippen LogP contribution in [0.1, 0.15) is 33.6 Å². The lowest BCUT2D eigenvalue weighted by Gasteiger charge is -2.39. The summed E-state index contributed by atoms with van der Waals surface area (Å²) in [7, 11) is 0. The maximum absolute atomic E-state index is 5.79. The molecule has 3 rings (SSSR count). The highest BCUT2D eigenvalue weighted by Gasteiger charge is 2.54. The van der Waals surface area contributed by atoms with E-state index in [-0.39, 0.29) is 5.60 Å². The number of nitrogens with one attached hydrogen (secondary N) is 1. The number of hydrogen-bond donors (Lipinski definition) is 1. The molecule has 0 unspecified atom stereocenters. The third-order valence-electron chi connectivity index (χ3n) is 3.78. The van der Waals surface area contributed by atoms with Crippen LogP contribution in [-0.4, -0.2) is 18.2 Å². The summed E-state index contributed by atoms with van der Waals surface area (Å²) in [5, 5.41) is 3.48.